The summed E-state index contributed by atoms with van der Waals surface area (Å²) in [5.74, 6) is 0.373. The van der Waals surface area contributed by atoms with E-state index in [9.17, 15) is 9.59 Å². The summed E-state index contributed by atoms with van der Waals surface area (Å²) in [6.07, 6.45) is 5.31. The van der Waals surface area contributed by atoms with E-state index in [-0.39, 0.29) is 41.7 Å². The summed E-state index contributed by atoms with van der Waals surface area (Å²) < 4.78 is 10.3. The first kappa shape index (κ1) is 9.68. The van der Waals surface area contributed by atoms with Gasteiger partial charge in [-0.1, -0.05) is 12.2 Å². The van der Waals surface area contributed by atoms with Crippen molar-refractivity contribution in [1.82, 2.24) is 0 Å². The van der Waals surface area contributed by atoms with Crippen molar-refractivity contribution >= 4 is 11.9 Å². The van der Waals surface area contributed by atoms with Gasteiger partial charge in [0.05, 0.1) is 18.9 Å². The molecule has 90 valence electrons. The molecular weight excluding hydrogens is 220 g/mol. The van der Waals surface area contributed by atoms with E-state index in [1.165, 1.54) is 7.11 Å². The van der Waals surface area contributed by atoms with E-state index in [1.807, 2.05) is 0 Å². The van der Waals surface area contributed by atoms with Crippen molar-refractivity contribution in [2.45, 2.75) is 12.5 Å². The molecule has 0 aromatic heterocycles. The Morgan fingerprint density at radius 1 is 1.41 bits per heavy atom. The van der Waals surface area contributed by atoms with Gasteiger partial charge in [-0.15, -0.1) is 0 Å². The SMILES string of the molecule is COC(=O)[C@H]1[C@H]2C=C[C@@H]3C[C@H]4OC(=O)[C@H]1[C@H]4[C@H]23. The lowest BCUT2D eigenvalue weighted by atomic mass is 9.87. The molecule has 3 fully saturated rings. The van der Waals surface area contributed by atoms with Gasteiger partial charge in [0, 0.05) is 5.92 Å². The molecule has 7 atom stereocenters. The average molecular weight is 234 g/mol. The molecule has 0 radical (unpaired) electrons. The van der Waals surface area contributed by atoms with Crippen molar-refractivity contribution in [3.05, 3.63) is 12.2 Å². The lowest BCUT2D eigenvalue weighted by Gasteiger charge is -2.18. The molecule has 0 amide bonds. The monoisotopic (exact) mass is 234 g/mol. The first-order valence-corrected chi connectivity index (χ1v) is 6.19. The maximum absolute atomic E-state index is 11.9. The molecule has 0 bridgehead atoms. The van der Waals surface area contributed by atoms with Crippen molar-refractivity contribution in [3.63, 3.8) is 0 Å². The number of hydrogen-bond donors (Lipinski definition) is 0. The largest absolute Gasteiger partial charge is 0.469 e. The minimum atomic E-state index is -0.311. The minimum Gasteiger partial charge on any atom is -0.469 e. The van der Waals surface area contributed by atoms with E-state index in [4.69, 9.17) is 9.47 Å². The molecule has 4 nitrogen and oxygen atoms in total. The third kappa shape index (κ3) is 0.956. The van der Waals surface area contributed by atoms with Crippen LogP contribution < -0.4 is 0 Å². The smallest absolute Gasteiger partial charge is 0.310 e. The third-order valence-electron chi connectivity index (χ3n) is 5.13. The molecule has 0 unspecified atom stereocenters. The number of carbonyl (C=O) groups excluding carboxylic acids is 2. The fourth-order valence-electron chi connectivity index (χ4n) is 4.67. The molecule has 2 saturated carbocycles. The lowest BCUT2D eigenvalue weighted by Crippen LogP contribution is -2.29. The second-order valence-electron chi connectivity index (χ2n) is 5.57. The Bertz CT molecular complexity index is 441. The van der Waals surface area contributed by atoms with Gasteiger partial charge in [-0.2, -0.15) is 0 Å². The number of rotatable bonds is 1. The third-order valence-corrected chi connectivity index (χ3v) is 5.13. The normalized spacial score (nSPS) is 52.8. The topological polar surface area (TPSA) is 52.6 Å². The van der Waals surface area contributed by atoms with E-state index in [2.05, 4.69) is 12.2 Å². The molecule has 4 heteroatoms. The standard InChI is InChI=1S/C13H14O4/c1-16-12(14)9-6-3-2-5-4-7-10(8(5)6)11(9)13(15)17-7/h2-3,5-11H,4H2,1H3/t5-,6+,7-,8+,9+,10-,11-/m1/s1. The zero-order valence-corrected chi connectivity index (χ0v) is 9.54. The second-order valence-corrected chi connectivity index (χ2v) is 5.57. The molecule has 0 aromatic carbocycles. The highest BCUT2D eigenvalue weighted by molar-refractivity contribution is 5.85. The van der Waals surface area contributed by atoms with E-state index in [1.54, 1.807) is 0 Å². The number of allylic oxidation sites excluding steroid dienone is 2. The maximum atomic E-state index is 11.9. The van der Waals surface area contributed by atoms with Crippen LogP contribution in [0.4, 0.5) is 0 Å². The zero-order valence-electron chi connectivity index (χ0n) is 9.54. The van der Waals surface area contributed by atoms with Gasteiger partial charge in [-0.25, -0.2) is 0 Å². The van der Waals surface area contributed by atoms with Gasteiger partial charge >= 0.3 is 11.9 Å². The Balaban J connectivity index is 1.81. The lowest BCUT2D eigenvalue weighted by molar-refractivity contribution is -0.155. The van der Waals surface area contributed by atoms with Crippen LogP contribution in [0, 0.1) is 35.5 Å². The van der Waals surface area contributed by atoms with Crippen molar-refractivity contribution in [2.24, 2.45) is 35.5 Å². The fraction of sp³-hybridized carbons (Fsp3) is 0.692. The van der Waals surface area contributed by atoms with Crippen molar-refractivity contribution in [3.8, 4) is 0 Å². The van der Waals surface area contributed by atoms with Crippen LogP contribution >= 0.6 is 0 Å². The van der Waals surface area contributed by atoms with Crippen molar-refractivity contribution in [1.29, 1.82) is 0 Å². The molecule has 4 rings (SSSR count). The fourth-order valence-corrected chi connectivity index (χ4v) is 4.67. The van der Waals surface area contributed by atoms with Crippen LogP contribution in [0.3, 0.4) is 0 Å². The summed E-state index contributed by atoms with van der Waals surface area (Å²) in [6, 6.07) is 0. The second kappa shape index (κ2) is 2.92. The Hall–Kier alpha value is -1.32. The van der Waals surface area contributed by atoms with Gasteiger partial charge < -0.3 is 9.47 Å². The van der Waals surface area contributed by atoms with Gasteiger partial charge in [0.25, 0.3) is 0 Å². The van der Waals surface area contributed by atoms with Crippen molar-refractivity contribution < 1.29 is 19.1 Å². The summed E-state index contributed by atoms with van der Waals surface area (Å²) in [6.45, 7) is 0. The molecule has 0 aromatic rings. The van der Waals surface area contributed by atoms with Crippen LogP contribution in [0.15, 0.2) is 12.2 Å². The molecular formula is C13H14O4. The number of ether oxygens (including phenoxy) is 2. The molecule has 1 saturated heterocycles. The molecule has 4 aliphatic rings. The van der Waals surface area contributed by atoms with Crippen LogP contribution in [0.1, 0.15) is 6.42 Å². The summed E-state index contributed by atoms with van der Waals surface area (Å²) >= 11 is 0. The summed E-state index contributed by atoms with van der Waals surface area (Å²) in [4.78, 5) is 23.8. The van der Waals surface area contributed by atoms with Crippen LogP contribution in [0.25, 0.3) is 0 Å². The van der Waals surface area contributed by atoms with Crippen LogP contribution in [0.5, 0.6) is 0 Å². The van der Waals surface area contributed by atoms with Crippen LogP contribution in [-0.2, 0) is 19.1 Å². The first-order valence-electron chi connectivity index (χ1n) is 6.19. The Morgan fingerprint density at radius 3 is 3.00 bits per heavy atom. The minimum absolute atomic E-state index is 0.0459. The molecule has 1 aliphatic heterocycles. The zero-order chi connectivity index (χ0) is 11.7. The van der Waals surface area contributed by atoms with E-state index < -0.39 is 0 Å². The van der Waals surface area contributed by atoms with Gasteiger partial charge in [0.2, 0.25) is 0 Å². The first-order chi connectivity index (χ1) is 8.22. The average Bonchev–Trinajstić information content (AvgIpc) is 2.97. The Labute approximate surface area is 99.0 Å². The van der Waals surface area contributed by atoms with Crippen LogP contribution in [-0.4, -0.2) is 25.2 Å². The van der Waals surface area contributed by atoms with Crippen LogP contribution in [0.2, 0.25) is 0 Å². The van der Waals surface area contributed by atoms with Gasteiger partial charge in [-0.3, -0.25) is 9.59 Å². The number of carbonyl (C=O) groups is 2. The molecule has 1 heterocycles. The Kier molecular flexibility index (Phi) is 1.66. The quantitative estimate of drug-likeness (QED) is 0.496. The van der Waals surface area contributed by atoms with Gasteiger partial charge in [0.15, 0.2) is 0 Å². The molecule has 17 heavy (non-hydrogen) atoms. The summed E-state index contributed by atoms with van der Waals surface area (Å²) in [5.41, 5.74) is 0. The number of hydrogen-bond acceptors (Lipinski definition) is 4. The summed E-state index contributed by atoms with van der Waals surface area (Å²) in [7, 11) is 1.39. The highest BCUT2D eigenvalue weighted by Gasteiger charge is 2.68. The predicted octanol–water partition coefficient (Wildman–Crippen LogP) is 0.769. The number of methoxy groups -OCH3 is 1. The maximum Gasteiger partial charge on any atom is 0.310 e. The van der Waals surface area contributed by atoms with Gasteiger partial charge in [-0.05, 0) is 24.2 Å². The Morgan fingerprint density at radius 2 is 2.24 bits per heavy atom. The molecule has 0 N–H and O–H groups in total. The highest BCUT2D eigenvalue weighted by atomic mass is 16.6. The molecule has 3 aliphatic carbocycles. The highest BCUT2D eigenvalue weighted by Crippen LogP contribution is 2.63. The van der Waals surface area contributed by atoms with E-state index in [0.717, 1.165) is 6.42 Å². The van der Waals surface area contributed by atoms with E-state index >= 15 is 0 Å². The van der Waals surface area contributed by atoms with E-state index in [0.29, 0.717) is 11.8 Å². The molecule has 0 spiro atoms. The summed E-state index contributed by atoms with van der Waals surface area (Å²) in [5, 5.41) is 0. The van der Waals surface area contributed by atoms with Gasteiger partial charge in [0.1, 0.15) is 6.10 Å². The van der Waals surface area contributed by atoms with Crippen molar-refractivity contribution in [2.75, 3.05) is 7.11 Å². The predicted molar refractivity (Wildman–Crippen MR) is 56.6 cm³/mol. The number of esters is 2.